The number of carbonyl (C=O) groups excluding carboxylic acids is 1. The second-order valence-electron chi connectivity index (χ2n) is 4.34. The summed E-state index contributed by atoms with van der Waals surface area (Å²) in [6.45, 7) is 0.429. The van der Waals surface area contributed by atoms with E-state index in [9.17, 15) is 14.7 Å². The van der Waals surface area contributed by atoms with E-state index in [2.05, 4.69) is 20.9 Å². The molecule has 1 aromatic rings. The summed E-state index contributed by atoms with van der Waals surface area (Å²) in [6.07, 6.45) is 3.57. The summed E-state index contributed by atoms with van der Waals surface area (Å²) < 4.78 is 0.629. The summed E-state index contributed by atoms with van der Waals surface area (Å²) in [5.41, 5.74) is 0.226. The molecule has 1 N–H and O–H groups in total. The van der Waals surface area contributed by atoms with E-state index in [-0.39, 0.29) is 16.6 Å². The van der Waals surface area contributed by atoms with Gasteiger partial charge < -0.3 is 10.0 Å². The molecule has 1 aromatic heterocycles. The van der Waals surface area contributed by atoms with Crippen LogP contribution in [0.15, 0.2) is 16.7 Å². The van der Waals surface area contributed by atoms with Gasteiger partial charge in [-0.2, -0.15) is 0 Å². The van der Waals surface area contributed by atoms with Gasteiger partial charge in [0.25, 0.3) is 5.91 Å². The van der Waals surface area contributed by atoms with Gasteiger partial charge >= 0.3 is 5.97 Å². The van der Waals surface area contributed by atoms with Crippen molar-refractivity contribution in [2.75, 3.05) is 6.54 Å². The minimum atomic E-state index is -0.980. The molecule has 7 heteroatoms. The number of nitrogens with zero attached hydrogens (tertiary/aromatic N) is 2. The van der Waals surface area contributed by atoms with Gasteiger partial charge in [0.1, 0.15) is 11.2 Å². The van der Waals surface area contributed by atoms with Crippen molar-refractivity contribution in [2.24, 2.45) is 0 Å². The quantitative estimate of drug-likeness (QED) is 0.835. The van der Waals surface area contributed by atoms with Crippen LogP contribution in [0.25, 0.3) is 0 Å². The summed E-state index contributed by atoms with van der Waals surface area (Å²) in [7, 11) is 0. The maximum absolute atomic E-state index is 12.4. The van der Waals surface area contributed by atoms with E-state index in [1.807, 2.05) is 0 Å². The number of carbonyl (C=O) groups is 2. The SMILES string of the molecule is O=C(O)[C@@H]1CCCCN1C(=O)c1cc(Br)cnc1Cl. The fourth-order valence-corrected chi connectivity index (χ4v) is 2.67. The summed E-state index contributed by atoms with van der Waals surface area (Å²) >= 11 is 9.14. The zero-order chi connectivity index (χ0) is 14.0. The monoisotopic (exact) mass is 346 g/mol. The number of aromatic nitrogens is 1. The Balaban J connectivity index is 2.31. The van der Waals surface area contributed by atoms with Crippen LogP contribution >= 0.6 is 27.5 Å². The van der Waals surface area contributed by atoms with Crippen LogP contribution in [0.2, 0.25) is 5.15 Å². The molecule has 1 aliphatic rings. The molecule has 102 valence electrons. The fraction of sp³-hybridized carbons (Fsp3) is 0.417. The first-order valence-electron chi connectivity index (χ1n) is 5.85. The molecule has 1 aliphatic heterocycles. The van der Waals surface area contributed by atoms with Crippen LogP contribution < -0.4 is 0 Å². The second-order valence-corrected chi connectivity index (χ2v) is 5.61. The number of pyridine rings is 1. The first kappa shape index (κ1) is 14.3. The predicted molar refractivity (Wildman–Crippen MR) is 73.3 cm³/mol. The van der Waals surface area contributed by atoms with Crippen molar-refractivity contribution in [1.29, 1.82) is 0 Å². The molecule has 1 atom stereocenters. The van der Waals surface area contributed by atoms with Crippen molar-refractivity contribution >= 4 is 39.4 Å². The minimum Gasteiger partial charge on any atom is -0.480 e. The lowest BCUT2D eigenvalue weighted by Gasteiger charge is -2.33. The van der Waals surface area contributed by atoms with Crippen LogP contribution in [-0.4, -0.2) is 39.5 Å². The molecule has 1 saturated heterocycles. The number of amides is 1. The van der Waals surface area contributed by atoms with Gasteiger partial charge in [-0.15, -0.1) is 0 Å². The number of aliphatic carboxylic acids is 1. The molecule has 0 unspecified atom stereocenters. The molecule has 0 radical (unpaired) electrons. The van der Waals surface area contributed by atoms with Gasteiger partial charge in [-0.3, -0.25) is 4.79 Å². The molecule has 2 heterocycles. The highest BCUT2D eigenvalue weighted by Gasteiger charge is 2.33. The fourth-order valence-electron chi connectivity index (χ4n) is 2.16. The van der Waals surface area contributed by atoms with Crippen LogP contribution in [0.5, 0.6) is 0 Å². The molecule has 0 aromatic carbocycles. The van der Waals surface area contributed by atoms with Crippen LogP contribution in [0.1, 0.15) is 29.6 Å². The van der Waals surface area contributed by atoms with Gasteiger partial charge in [0.15, 0.2) is 0 Å². The van der Waals surface area contributed by atoms with Crippen LogP contribution in [0.3, 0.4) is 0 Å². The second kappa shape index (κ2) is 5.88. The minimum absolute atomic E-state index is 0.0860. The first-order valence-corrected chi connectivity index (χ1v) is 7.02. The summed E-state index contributed by atoms with van der Waals surface area (Å²) in [4.78, 5) is 28.9. The molecule has 19 heavy (non-hydrogen) atoms. The molecule has 0 bridgehead atoms. The Morgan fingerprint density at radius 3 is 2.89 bits per heavy atom. The Morgan fingerprint density at radius 2 is 2.21 bits per heavy atom. The number of hydrogen-bond acceptors (Lipinski definition) is 3. The van der Waals surface area contributed by atoms with E-state index in [1.54, 1.807) is 6.07 Å². The third-order valence-corrected chi connectivity index (χ3v) is 3.82. The van der Waals surface area contributed by atoms with Crippen molar-refractivity contribution in [3.63, 3.8) is 0 Å². The van der Waals surface area contributed by atoms with E-state index in [0.717, 1.165) is 12.8 Å². The summed E-state index contributed by atoms with van der Waals surface area (Å²) in [5.74, 6) is -1.36. The molecular weight excluding hydrogens is 336 g/mol. The van der Waals surface area contributed by atoms with E-state index in [1.165, 1.54) is 11.1 Å². The predicted octanol–water partition coefficient (Wildman–Crippen LogP) is 2.58. The largest absolute Gasteiger partial charge is 0.480 e. The molecule has 1 fully saturated rings. The van der Waals surface area contributed by atoms with E-state index in [0.29, 0.717) is 17.4 Å². The van der Waals surface area contributed by atoms with Gasteiger partial charge in [-0.1, -0.05) is 11.6 Å². The Labute approximate surface area is 123 Å². The molecule has 5 nitrogen and oxygen atoms in total. The van der Waals surface area contributed by atoms with E-state index >= 15 is 0 Å². The highest BCUT2D eigenvalue weighted by Crippen LogP contribution is 2.24. The van der Waals surface area contributed by atoms with Crippen molar-refractivity contribution < 1.29 is 14.7 Å². The van der Waals surface area contributed by atoms with Crippen molar-refractivity contribution in [3.05, 3.63) is 27.5 Å². The van der Waals surface area contributed by atoms with Crippen LogP contribution in [-0.2, 0) is 4.79 Å². The molecule has 0 saturated carbocycles. The maximum atomic E-state index is 12.4. The van der Waals surface area contributed by atoms with E-state index in [4.69, 9.17) is 11.6 Å². The molecule has 0 aliphatic carbocycles. The van der Waals surface area contributed by atoms with Crippen molar-refractivity contribution in [1.82, 2.24) is 9.88 Å². The zero-order valence-electron chi connectivity index (χ0n) is 9.97. The Hall–Kier alpha value is -1.14. The highest BCUT2D eigenvalue weighted by atomic mass is 79.9. The lowest BCUT2D eigenvalue weighted by atomic mass is 10.0. The molecule has 1 amide bonds. The Bertz CT molecular complexity index is 524. The molecule has 2 rings (SSSR count). The number of likely N-dealkylation sites (tertiary alicyclic amines) is 1. The number of piperidine rings is 1. The topological polar surface area (TPSA) is 70.5 Å². The number of halogens is 2. The summed E-state index contributed by atoms with van der Waals surface area (Å²) in [5, 5.41) is 9.26. The van der Waals surface area contributed by atoms with Gasteiger partial charge in [0, 0.05) is 17.2 Å². The maximum Gasteiger partial charge on any atom is 0.326 e. The van der Waals surface area contributed by atoms with Crippen molar-refractivity contribution in [2.45, 2.75) is 25.3 Å². The third-order valence-electron chi connectivity index (χ3n) is 3.08. The Morgan fingerprint density at radius 1 is 1.47 bits per heavy atom. The lowest BCUT2D eigenvalue weighted by molar-refractivity contribution is -0.143. The normalized spacial score (nSPS) is 19.3. The average molecular weight is 348 g/mol. The van der Waals surface area contributed by atoms with Gasteiger partial charge in [-0.25, -0.2) is 9.78 Å². The standard InChI is InChI=1S/C12H12BrClN2O3/c13-7-5-8(10(14)15-6-7)11(17)16-4-2-1-3-9(16)12(18)19/h5-6,9H,1-4H2,(H,18,19)/t9-/m0/s1. The van der Waals surface area contributed by atoms with Crippen LogP contribution in [0, 0.1) is 0 Å². The first-order chi connectivity index (χ1) is 9.00. The average Bonchev–Trinajstić information content (AvgIpc) is 2.40. The summed E-state index contributed by atoms with van der Waals surface area (Å²) in [6, 6.07) is 0.779. The number of carboxylic acids is 1. The molecule has 0 spiro atoms. The number of rotatable bonds is 2. The Kier molecular flexibility index (Phi) is 4.42. The van der Waals surface area contributed by atoms with E-state index < -0.39 is 12.0 Å². The lowest BCUT2D eigenvalue weighted by Crippen LogP contribution is -2.48. The van der Waals surface area contributed by atoms with Gasteiger partial charge in [0.05, 0.1) is 5.56 Å². The number of hydrogen-bond donors (Lipinski definition) is 1. The zero-order valence-corrected chi connectivity index (χ0v) is 12.3. The van der Waals surface area contributed by atoms with Crippen molar-refractivity contribution in [3.8, 4) is 0 Å². The molecular formula is C12H12BrClN2O3. The number of carboxylic acid groups (broad SMARTS) is 1. The smallest absolute Gasteiger partial charge is 0.326 e. The highest BCUT2D eigenvalue weighted by molar-refractivity contribution is 9.10. The van der Waals surface area contributed by atoms with Gasteiger partial charge in [0.2, 0.25) is 0 Å². The third kappa shape index (κ3) is 3.06. The van der Waals surface area contributed by atoms with Gasteiger partial charge in [-0.05, 0) is 41.3 Å². The van der Waals surface area contributed by atoms with Crippen LogP contribution in [0.4, 0.5) is 0 Å².